The molecule has 0 saturated heterocycles. The van der Waals surface area contributed by atoms with Crippen LogP contribution in [0, 0.1) is 0 Å². The molecule has 3 aromatic carbocycles. The van der Waals surface area contributed by atoms with Crippen LogP contribution in [0.3, 0.4) is 0 Å². The minimum absolute atomic E-state index is 0.132. The topological polar surface area (TPSA) is 145 Å². The summed E-state index contributed by atoms with van der Waals surface area (Å²) in [5.74, 6) is -0.152. The number of sulfonamides is 2. The lowest BCUT2D eigenvalue weighted by Gasteiger charge is -2.13. The zero-order valence-electron chi connectivity index (χ0n) is 16.3. The lowest BCUT2D eigenvalue weighted by atomic mass is 10.2. The van der Waals surface area contributed by atoms with Crippen LogP contribution in [0.4, 0.5) is 11.4 Å². The normalized spacial score (nSPS) is 11.5. The Morgan fingerprint density at radius 1 is 0.871 bits per heavy atom. The fraction of sp³-hybridized carbons (Fsp3) is 0.0500. The number of ether oxygens (including phenoxy) is 1. The maximum absolute atomic E-state index is 12.8. The van der Waals surface area contributed by atoms with Gasteiger partial charge in [-0.15, -0.1) is 0 Å². The van der Waals surface area contributed by atoms with Crippen molar-refractivity contribution in [1.82, 2.24) is 0 Å². The van der Waals surface area contributed by atoms with E-state index in [0.29, 0.717) is 5.56 Å². The van der Waals surface area contributed by atoms with Crippen LogP contribution in [-0.2, 0) is 20.0 Å². The van der Waals surface area contributed by atoms with E-state index in [1.165, 1.54) is 49.6 Å². The van der Waals surface area contributed by atoms with Crippen LogP contribution < -0.4 is 19.9 Å². The molecular formula is C20H19N3O6S2. The first-order valence-electron chi connectivity index (χ1n) is 8.80. The zero-order chi connectivity index (χ0) is 22.6. The van der Waals surface area contributed by atoms with E-state index in [2.05, 4.69) is 10.0 Å². The van der Waals surface area contributed by atoms with E-state index in [9.17, 15) is 21.6 Å². The molecule has 0 aliphatic rings. The van der Waals surface area contributed by atoms with E-state index in [0.717, 1.165) is 0 Å². The predicted octanol–water partition coefficient (Wildman–Crippen LogP) is 2.40. The van der Waals surface area contributed by atoms with E-state index in [-0.39, 0.29) is 26.9 Å². The Labute approximate surface area is 180 Å². The lowest BCUT2D eigenvalue weighted by molar-refractivity contribution is 0.102. The second kappa shape index (κ2) is 8.76. The summed E-state index contributed by atoms with van der Waals surface area (Å²) in [4.78, 5) is 12.2. The molecule has 0 unspecified atom stereocenters. The molecule has 31 heavy (non-hydrogen) atoms. The molecule has 0 radical (unpaired) electrons. The molecule has 0 saturated carbocycles. The Hall–Kier alpha value is -3.41. The molecule has 4 N–H and O–H groups in total. The molecule has 0 aromatic heterocycles. The Balaban J connectivity index is 1.87. The van der Waals surface area contributed by atoms with E-state index in [4.69, 9.17) is 9.88 Å². The summed E-state index contributed by atoms with van der Waals surface area (Å²) in [5, 5.41) is 7.68. The summed E-state index contributed by atoms with van der Waals surface area (Å²) in [7, 11) is -6.55. The molecule has 11 heteroatoms. The first kappa shape index (κ1) is 22.3. The molecule has 0 bridgehead atoms. The third-order valence-electron chi connectivity index (χ3n) is 4.20. The molecule has 1 amide bonds. The SMILES string of the molecule is COc1ccc(S(=O)(=O)Nc2ccc(S(N)(=O)=O)cc2)cc1NC(=O)c1ccccc1. The number of hydrogen-bond acceptors (Lipinski definition) is 6. The van der Waals surface area contributed by atoms with Gasteiger partial charge in [0.15, 0.2) is 0 Å². The number of rotatable bonds is 7. The van der Waals surface area contributed by atoms with Crippen LogP contribution in [-0.4, -0.2) is 29.9 Å². The maximum Gasteiger partial charge on any atom is 0.261 e. The summed E-state index contributed by atoms with van der Waals surface area (Å²) < 4.78 is 55.8. The summed E-state index contributed by atoms with van der Waals surface area (Å²) >= 11 is 0. The monoisotopic (exact) mass is 461 g/mol. The highest BCUT2D eigenvalue weighted by Gasteiger charge is 2.19. The molecular weight excluding hydrogens is 442 g/mol. The van der Waals surface area contributed by atoms with Crippen molar-refractivity contribution in [1.29, 1.82) is 0 Å². The second-order valence-corrected chi connectivity index (χ2v) is 9.60. The standard InChI is InChI=1S/C20H19N3O6S2/c1-29-19-12-11-17(13-18(19)22-20(24)14-5-3-2-4-6-14)31(27,28)23-15-7-9-16(10-8-15)30(21,25)26/h2-13,23H,1H3,(H,22,24)(H2,21,25,26). The van der Waals surface area contributed by atoms with E-state index >= 15 is 0 Å². The average Bonchev–Trinajstić information content (AvgIpc) is 2.73. The number of primary sulfonamides is 1. The Kier molecular flexibility index (Phi) is 6.29. The number of nitrogens with two attached hydrogens (primary N) is 1. The van der Waals surface area contributed by atoms with Crippen molar-refractivity contribution in [3.05, 3.63) is 78.4 Å². The van der Waals surface area contributed by atoms with Gasteiger partial charge in [0.1, 0.15) is 5.75 Å². The van der Waals surface area contributed by atoms with Crippen LogP contribution >= 0.6 is 0 Å². The molecule has 0 fully saturated rings. The quantitative estimate of drug-likeness (QED) is 0.493. The van der Waals surface area contributed by atoms with Crippen molar-refractivity contribution in [3.8, 4) is 5.75 Å². The number of carbonyl (C=O) groups excluding carboxylic acids is 1. The molecule has 0 atom stereocenters. The van der Waals surface area contributed by atoms with Gasteiger partial charge in [-0.1, -0.05) is 18.2 Å². The predicted molar refractivity (Wildman–Crippen MR) is 116 cm³/mol. The Bertz CT molecular complexity index is 1310. The third kappa shape index (κ3) is 5.40. The Morgan fingerprint density at radius 3 is 2.06 bits per heavy atom. The van der Waals surface area contributed by atoms with E-state index in [1.807, 2.05) is 0 Å². The van der Waals surface area contributed by atoms with Gasteiger partial charge in [0, 0.05) is 11.3 Å². The molecule has 0 aliphatic carbocycles. The van der Waals surface area contributed by atoms with Crippen molar-refractivity contribution >= 4 is 37.3 Å². The van der Waals surface area contributed by atoms with Gasteiger partial charge in [0.2, 0.25) is 10.0 Å². The number of hydrogen-bond donors (Lipinski definition) is 3. The number of nitrogens with one attached hydrogen (secondary N) is 2. The highest BCUT2D eigenvalue weighted by Crippen LogP contribution is 2.29. The van der Waals surface area contributed by atoms with Crippen LogP contribution in [0.1, 0.15) is 10.4 Å². The summed E-state index contributed by atoms with van der Waals surface area (Å²) in [6.07, 6.45) is 0. The minimum atomic E-state index is -4.05. The number of methoxy groups -OCH3 is 1. The number of carbonyl (C=O) groups is 1. The Morgan fingerprint density at radius 2 is 1.48 bits per heavy atom. The second-order valence-electron chi connectivity index (χ2n) is 6.36. The van der Waals surface area contributed by atoms with Crippen molar-refractivity contribution in [2.75, 3.05) is 17.1 Å². The van der Waals surface area contributed by atoms with Gasteiger partial charge >= 0.3 is 0 Å². The molecule has 162 valence electrons. The summed E-state index contributed by atoms with van der Waals surface area (Å²) in [5.41, 5.74) is 0.702. The van der Waals surface area contributed by atoms with Crippen LogP contribution in [0.15, 0.2) is 82.6 Å². The number of amides is 1. The molecule has 3 aromatic rings. The van der Waals surface area contributed by atoms with Crippen molar-refractivity contribution in [2.45, 2.75) is 9.79 Å². The zero-order valence-corrected chi connectivity index (χ0v) is 17.9. The van der Waals surface area contributed by atoms with Gasteiger partial charge in [-0.05, 0) is 54.6 Å². The molecule has 0 aliphatic heterocycles. The van der Waals surface area contributed by atoms with Crippen LogP contribution in [0.25, 0.3) is 0 Å². The first-order valence-corrected chi connectivity index (χ1v) is 11.8. The average molecular weight is 462 g/mol. The van der Waals surface area contributed by atoms with Gasteiger partial charge < -0.3 is 10.1 Å². The van der Waals surface area contributed by atoms with Crippen molar-refractivity contribution in [2.24, 2.45) is 5.14 Å². The van der Waals surface area contributed by atoms with Crippen molar-refractivity contribution in [3.63, 3.8) is 0 Å². The molecule has 0 spiro atoms. The summed E-state index contributed by atoms with van der Waals surface area (Å²) in [6.45, 7) is 0. The smallest absolute Gasteiger partial charge is 0.261 e. The molecule has 9 nitrogen and oxygen atoms in total. The van der Waals surface area contributed by atoms with Crippen LogP contribution in [0.5, 0.6) is 5.75 Å². The highest BCUT2D eigenvalue weighted by molar-refractivity contribution is 7.92. The third-order valence-corrected chi connectivity index (χ3v) is 6.51. The van der Waals surface area contributed by atoms with Gasteiger partial charge in [0.05, 0.1) is 22.6 Å². The highest BCUT2D eigenvalue weighted by atomic mass is 32.2. The van der Waals surface area contributed by atoms with Gasteiger partial charge in [-0.3, -0.25) is 9.52 Å². The van der Waals surface area contributed by atoms with E-state index in [1.54, 1.807) is 30.3 Å². The molecule has 3 rings (SSSR count). The van der Waals surface area contributed by atoms with Gasteiger partial charge in [-0.2, -0.15) is 0 Å². The summed E-state index contributed by atoms with van der Waals surface area (Å²) in [6, 6.07) is 17.3. The fourth-order valence-electron chi connectivity index (χ4n) is 2.66. The van der Waals surface area contributed by atoms with Crippen LogP contribution in [0.2, 0.25) is 0 Å². The lowest BCUT2D eigenvalue weighted by Crippen LogP contribution is -2.16. The maximum atomic E-state index is 12.8. The largest absolute Gasteiger partial charge is 0.495 e. The minimum Gasteiger partial charge on any atom is -0.495 e. The number of benzene rings is 3. The van der Waals surface area contributed by atoms with Gasteiger partial charge in [0.25, 0.3) is 15.9 Å². The fourth-order valence-corrected chi connectivity index (χ4v) is 4.26. The molecule has 0 heterocycles. The number of anilines is 2. The van der Waals surface area contributed by atoms with Crippen molar-refractivity contribution < 1.29 is 26.4 Å². The first-order chi connectivity index (χ1) is 14.6. The van der Waals surface area contributed by atoms with E-state index < -0.39 is 26.0 Å². The van der Waals surface area contributed by atoms with Gasteiger partial charge in [-0.25, -0.2) is 22.0 Å².